The van der Waals surface area contributed by atoms with Crippen LogP contribution < -0.4 is 0 Å². The summed E-state index contributed by atoms with van der Waals surface area (Å²) in [4.78, 5) is 0. The number of rotatable bonds is 1. The second-order valence-corrected chi connectivity index (χ2v) is 4.36. The molecular weight excluding hydrogens is 164 g/mol. The van der Waals surface area contributed by atoms with Gasteiger partial charge in [-0.3, -0.25) is 0 Å². The Kier molecular flexibility index (Phi) is 1.77. The van der Waals surface area contributed by atoms with Crippen molar-refractivity contribution >= 4 is 0 Å². The van der Waals surface area contributed by atoms with Crippen molar-refractivity contribution in [3.63, 3.8) is 0 Å². The Morgan fingerprint density at radius 1 is 1.46 bits per heavy atom. The van der Waals surface area contributed by atoms with E-state index in [0.717, 1.165) is 17.5 Å². The highest BCUT2D eigenvalue weighted by Gasteiger charge is 2.50. The first-order valence-corrected chi connectivity index (χ1v) is 4.81. The highest BCUT2D eigenvalue weighted by Crippen LogP contribution is 2.51. The second-order valence-electron chi connectivity index (χ2n) is 4.36. The monoisotopic (exact) mass is 180 g/mol. The van der Waals surface area contributed by atoms with Crippen molar-refractivity contribution in [2.75, 3.05) is 0 Å². The van der Waals surface area contributed by atoms with Crippen LogP contribution in [0.5, 0.6) is 0 Å². The van der Waals surface area contributed by atoms with Gasteiger partial charge in [-0.25, -0.2) is 0 Å². The summed E-state index contributed by atoms with van der Waals surface area (Å²) in [7, 11) is 0. The van der Waals surface area contributed by atoms with Gasteiger partial charge in [0.1, 0.15) is 0 Å². The van der Waals surface area contributed by atoms with Crippen LogP contribution in [-0.2, 0) is 5.60 Å². The van der Waals surface area contributed by atoms with Crippen LogP contribution in [0.15, 0.2) is 16.9 Å². The van der Waals surface area contributed by atoms with E-state index in [2.05, 4.69) is 13.8 Å². The minimum Gasteiger partial charge on any atom is -0.472 e. The smallest absolute Gasteiger partial charge is 0.0966 e. The lowest BCUT2D eigenvalue weighted by molar-refractivity contribution is -0.132. The minimum absolute atomic E-state index is 0.337. The van der Waals surface area contributed by atoms with Gasteiger partial charge < -0.3 is 9.52 Å². The van der Waals surface area contributed by atoms with Crippen molar-refractivity contribution < 1.29 is 9.52 Å². The van der Waals surface area contributed by atoms with Gasteiger partial charge in [-0.2, -0.15) is 0 Å². The van der Waals surface area contributed by atoms with Crippen molar-refractivity contribution in [1.29, 1.82) is 0 Å². The maximum absolute atomic E-state index is 10.3. The molecule has 1 heterocycles. The van der Waals surface area contributed by atoms with Gasteiger partial charge in [0.25, 0.3) is 0 Å². The van der Waals surface area contributed by atoms with E-state index in [4.69, 9.17) is 4.42 Å². The van der Waals surface area contributed by atoms with E-state index in [1.54, 1.807) is 12.5 Å². The highest BCUT2D eigenvalue weighted by molar-refractivity contribution is 5.30. The third-order valence-electron chi connectivity index (χ3n) is 3.56. The van der Waals surface area contributed by atoms with E-state index in [-0.39, 0.29) is 0 Å². The SMILES string of the molecule is Cc1cocc1C1(O)CC(C)C1C. The first-order chi connectivity index (χ1) is 6.05. The second kappa shape index (κ2) is 2.61. The molecule has 3 unspecified atom stereocenters. The Labute approximate surface area is 78.6 Å². The van der Waals surface area contributed by atoms with Gasteiger partial charge in [-0.1, -0.05) is 13.8 Å². The van der Waals surface area contributed by atoms with Crippen molar-refractivity contribution in [2.24, 2.45) is 11.8 Å². The van der Waals surface area contributed by atoms with E-state index < -0.39 is 5.60 Å². The Hall–Kier alpha value is -0.760. The van der Waals surface area contributed by atoms with Crippen LogP contribution in [0.25, 0.3) is 0 Å². The lowest BCUT2D eigenvalue weighted by atomic mass is 9.60. The fourth-order valence-corrected chi connectivity index (χ4v) is 2.32. The topological polar surface area (TPSA) is 33.4 Å². The lowest BCUT2D eigenvalue weighted by Gasteiger charge is -2.49. The van der Waals surface area contributed by atoms with Gasteiger partial charge in [-0.15, -0.1) is 0 Å². The van der Waals surface area contributed by atoms with Gasteiger partial charge in [0.05, 0.1) is 18.1 Å². The van der Waals surface area contributed by atoms with Crippen LogP contribution in [0.3, 0.4) is 0 Å². The third kappa shape index (κ3) is 1.05. The number of furan rings is 1. The van der Waals surface area contributed by atoms with Gasteiger partial charge >= 0.3 is 0 Å². The molecule has 2 heteroatoms. The molecule has 1 fully saturated rings. The summed E-state index contributed by atoms with van der Waals surface area (Å²) in [5.41, 5.74) is 1.40. The summed E-state index contributed by atoms with van der Waals surface area (Å²) in [5, 5.41) is 10.3. The lowest BCUT2D eigenvalue weighted by Crippen LogP contribution is -2.48. The molecule has 1 aromatic rings. The molecule has 0 amide bonds. The largest absolute Gasteiger partial charge is 0.472 e. The minimum atomic E-state index is -0.628. The first-order valence-electron chi connectivity index (χ1n) is 4.81. The number of aliphatic hydroxyl groups is 1. The van der Waals surface area contributed by atoms with Crippen LogP contribution >= 0.6 is 0 Å². The molecule has 13 heavy (non-hydrogen) atoms. The van der Waals surface area contributed by atoms with Crippen LogP contribution in [0, 0.1) is 18.8 Å². The van der Waals surface area contributed by atoms with Crippen LogP contribution in [-0.4, -0.2) is 5.11 Å². The molecule has 0 aliphatic heterocycles. The zero-order valence-electron chi connectivity index (χ0n) is 8.37. The highest BCUT2D eigenvalue weighted by atomic mass is 16.3. The predicted molar refractivity (Wildman–Crippen MR) is 50.3 cm³/mol. The molecule has 2 rings (SSSR count). The van der Waals surface area contributed by atoms with Crippen LogP contribution in [0.4, 0.5) is 0 Å². The maximum Gasteiger partial charge on any atom is 0.0966 e. The molecule has 1 aliphatic carbocycles. The molecule has 0 spiro atoms. The first kappa shape index (κ1) is 8.82. The molecule has 1 aromatic heterocycles. The molecular formula is C11H16O2. The van der Waals surface area contributed by atoms with Crippen LogP contribution in [0.2, 0.25) is 0 Å². The maximum atomic E-state index is 10.3. The fourth-order valence-electron chi connectivity index (χ4n) is 2.32. The van der Waals surface area contributed by atoms with E-state index in [9.17, 15) is 5.11 Å². The summed E-state index contributed by atoms with van der Waals surface area (Å²) in [6.07, 6.45) is 4.23. The molecule has 0 aromatic carbocycles. The van der Waals surface area contributed by atoms with E-state index in [1.807, 2.05) is 6.92 Å². The molecule has 3 atom stereocenters. The quantitative estimate of drug-likeness (QED) is 0.720. The van der Waals surface area contributed by atoms with E-state index >= 15 is 0 Å². The zero-order valence-corrected chi connectivity index (χ0v) is 8.37. The summed E-state index contributed by atoms with van der Waals surface area (Å²) < 4.78 is 5.09. The summed E-state index contributed by atoms with van der Waals surface area (Å²) in [5.74, 6) is 0.947. The van der Waals surface area contributed by atoms with E-state index in [0.29, 0.717) is 11.8 Å². The number of hydrogen-bond acceptors (Lipinski definition) is 2. The average Bonchev–Trinajstić information content (AvgIpc) is 2.51. The van der Waals surface area contributed by atoms with Crippen molar-refractivity contribution in [1.82, 2.24) is 0 Å². The average molecular weight is 180 g/mol. The Morgan fingerprint density at radius 3 is 2.54 bits per heavy atom. The van der Waals surface area contributed by atoms with Gasteiger partial charge in [0, 0.05) is 5.56 Å². The fraction of sp³-hybridized carbons (Fsp3) is 0.636. The molecule has 1 aliphatic rings. The summed E-state index contributed by atoms with van der Waals surface area (Å²) >= 11 is 0. The molecule has 72 valence electrons. The molecule has 1 N–H and O–H groups in total. The van der Waals surface area contributed by atoms with Gasteiger partial charge in [0.15, 0.2) is 0 Å². The van der Waals surface area contributed by atoms with Crippen molar-refractivity contribution in [3.05, 3.63) is 23.7 Å². The van der Waals surface area contributed by atoms with E-state index in [1.165, 1.54) is 0 Å². The zero-order chi connectivity index (χ0) is 9.64. The standard InChI is InChI=1S/C11H16O2/c1-7-4-11(12,9(7)3)10-6-13-5-8(10)2/h5-7,9,12H,4H2,1-3H3. The summed E-state index contributed by atoms with van der Waals surface area (Å²) in [6.45, 7) is 6.25. The van der Waals surface area contributed by atoms with Crippen molar-refractivity contribution in [2.45, 2.75) is 32.8 Å². The number of hydrogen-bond donors (Lipinski definition) is 1. The molecule has 0 radical (unpaired) electrons. The Bertz CT molecular complexity index is 316. The number of aryl methyl sites for hydroxylation is 1. The third-order valence-corrected chi connectivity index (χ3v) is 3.56. The van der Waals surface area contributed by atoms with Crippen molar-refractivity contribution in [3.8, 4) is 0 Å². The Balaban J connectivity index is 2.32. The predicted octanol–water partition coefficient (Wildman–Crippen LogP) is 2.45. The van der Waals surface area contributed by atoms with Gasteiger partial charge in [-0.05, 0) is 30.7 Å². The molecule has 1 saturated carbocycles. The van der Waals surface area contributed by atoms with Crippen LogP contribution in [0.1, 0.15) is 31.4 Å². The summed E-state index contributed by atoms with van der Waals surface area (Å²) in [6, 6.07) is 0. The van der Waals surface area contributed by atoms with Gasteiger partial charge in [0.2, 0.25) is 0 Å². The molecule has 2 nitrogen and oxygen atoms in total. The Morgan fingerprint density at radius 2 is 2.15 bits per heavy atom. The molecule has 0 saturated heterocycles. The molecule has 0 bridgehead atoms. The normalized spacial score (nSPS) is 38.8.